The minimum atomic E-state index is -4.27. The Balaban J connectivity index is 2.50. The van der Waals surface area contributed by atoms with Crippen molar-refractivity contribution in [1.29, 1.82) is 0 Å². The number of sulfonamides is 1. The highest BCUT2D eigenvalue weighted by atomic mass is 35.5. The Morgan fingerprint density at radius 2 is 1.67 bits per heavy atom. The molecule has 9 heteroatoms. The fourth-order valence-electron chi connectivity index (χ4n) is 1.92. The highest BCUT2D eigenvalue weighted by molar-refractivity contribution is 7.92. The zero-order valence-electron chi connectivity index (χ0n) is 12.7. The predicted octanol–water partition coefficient (Wildman–Crippen LogP) is 3.64. The van der Waals surface area contributed by atoms with Crippen LogP contribution in [0.4, 0.5) is 10.1 Å². The first kappa shape index (κ1) is 18.5. The summed E-state index contributed by atoms with van der Waals surface area (Å²) in [5, 5.41) is 0.289. The zero-order chi connectivity index (χ0) is 18.1. The second-order valence-electron chi connectivity index (χ2n) is 5.07. The van der Waals surface area contributed by atoms with Crippen molar-refractivity contribution in [1.82, 2.24) is 4.90 Å². The Kier molecular flexibility index (Phi) is 5.37. The maximum absolute atomic E-state index is 13.9. The smallest absolute Gasteiger partial charge is 0.264 e. The summed E-state index contributed by atoms with van der Waals surface area (Å²) in [4.78, 5) is 12.9. The Bertz CT molecular complexity index is 902. The van der Waals surface area contributed by atoms with E-state index >= 15 is 0 Å². The molecule has 0 aliphatic heterocycles. The lowest BCUT2D eigenvalue weighted by atomic mass is 10.1. The molecular formula is C15H13Cl2FN2O3S. The van der Waals surface area contributed by atoms with E-state index in [1.165, 1.54) is 43.3 Å². The minimum Gasteiger partial charge on any atom is -0.345 e. The Hall–Kier alpha value is -1.83. The van der Waals surface area contributed by atoms with Gasteiger partial charge < -0.3 is 4.90 Å². The molecule has 0 radical (unpaired) electrons. The number of hydrogen-bond acceptors (Lipinski definition) is 3. The average molecular weight is 391 g/mol. The van der Waals surface area contributed by atoms with Gasteiger partial charge in [-0.05, 0) is 36.4 Å². The fraction of sp³-hybridized carbons (Fsp3) is 0.133. The van der Waals surface area contributed by atoms with Crippen molar-refractivity contribution >= 4 is 44.8 Å². The van der Waals surface area contributed by atoms with Crippen molar-refractivity contribution in [2.75, 3.05) is 18.8 Å². The normalized spacial score (nSPS) is 11.2. The number of hydrogen-bond donors (Lipinski definition) is 1. The lowest BCUT2D eigenvalue weighted by Crippen LogP contribution is -2.24. The molecule has 0 aliphatic rings. The SMILES string of the molecule is CN(C)C(=O)c1ccc(Cl)cc1NS(=O)(=O)c1ccc(Cl)cc1F. The van der Waals surface area contributed by atoms with Crippen molar-refractivity contribution in [3.8, 4) is 0 Å². The standard InChI is InChI=1S/C15H13Cl2FN2O3S/c1-20(2)15(21)11-5-3-10(17)8-13(11)19-24(22,23)14-6-4-9(16)7-12(14)18/h3-8,19H,1-2H3. The molecule has 0 saturated carbocycles. The Morgan fingerprint density at radius 3 is 2.25 bits per heavy atom. The van der Waals surface area contributed by atoms with Crippen LogP contribution < -0.4 is 4.72 Å². The molecule has 128 valence electrons. The molecule has 0 heterocycles. The summed E-state index contributed by atoms with van der Waals surface area (Å²) in [5.74, 6) is -1.43. The van der Waals surface area contributed by atoms with Gasteiger partial charge in [-0.15, -0.1) is 0 Å². The molecular weight excluding hydrogens is 378 g/mol. The topological polar surface area (TPSA) is 66.5 Å². The van der Waals surface area contributed by atoms with Gasteiger partial charge in [-0.3, -0.25) is 9.52 Å². The van der Waals surface area contributed by atoms with Gasteiger partial charge in [0.1, 0.15) is 10.7 Å². The largest absolute Gasteiger partial charge is 0.345 e. The van der Waals surface area contributed by atoms with Gasteiger partial charge in [-0.2, -0.15) is 0 Å². The highest BCUT2D eigenvalue weighted by Gasteiger charge is 2.23. The summed E-state index contributed by atoms with van der Waals surface area (Å²) >= 11 is 11.5. The molecule has 0 atom stereocenters. The van der Waals surface area contributed by atoms with Crippen molar-refractivity contribution in [2.45, 2.75) is 4.90 Å². The molecule has 2 aromatic rings. The van der Waals surface area contributed by atoms with Gasteiger partial charge in [0.25, 0.3) is 15.9 Å². The van der Waals surface area contributed by atoms with Gasteiger partial charge in [0, 0.05) is 24.1 Å². The first-order valence-corrected chi connectivity index (χ1v) is 8.85. The third kappa shape index (κ3) is 3.98. The van der Waals surface area contributed by atoms with Gasteiger partial charge >= 0.3 is 0 Å². The van der Waals surface area contributed by atoms with Crippen LogP contribution in [0.1, 0.15) is 10.4 Å². The number of benzene rings is 2. The lowest BCUT2D eigenvalue weighted by molar-refractivity contribution is 0.0828. The summed E-state index contributed by atoms with van der Waals surface area (Å²) < 4.78 is 41.0. The van der Waals surface area contributed by atoms with Crippen LogP contribution in [0.15, 0.2) is 41.3 Å². The van der Waals surface area contributed by atoms with E-state index in [1.807, 2.05) is 0 Å². The van der Waals surface area contributed by atoms with Crippen LogP contribution in [0, 0.1) is 5.82 Å². The van der Waals surface area contributed by atoms with Gasteiger partial charge in [0.05, 0.1) is 11.3 Å². The lowest BCUT2D eigenvalue weighted by Gasteiger charge is -2.16. The van der Waals surface area contributed by atoms with E-state index in [1.54, 1.807) is 0 Å². The molecule has 2 rings (SSSR count). The van der Waals surface area contributed by atoms with E-state index in [-0.39, 0.29) is 21.3 Å². The predicted molar refractivity (Wildman–Crippen MR) is 91.7 cm³/mol. The molecule has 0 unspecified atom stereocenters. The average Bonchev–Trinajstić information content (AvgIpc) is 2.45. The van der Waals surface area contributed by atoms with Crippen molar-refractivity contribution < 1.29 is 17.6 Å². The third-order valence-electron chi connectivity index (χ3n) is 3.05. The van der Waals surface area contributed by atoms with Crippen molar-refractivity contribution in [3.05, 3.63) is 57.8 Å². The number of carbonyl (C=O) groups is 1. The zero-order valence-corrected chi connectivity index (χ0v) is 15.0. The molecule has 1 N–H and O–H groups in total. The van der Waals surface area contributed by atoms with Crippen LogP contribution in [0.2, 0.25) is 10.0 Å². The summed E-state index contributed by atoms with van der Waals surface area (Å²) in [6, 6.07) is 7.31. The molecule has 0 aliphatic carbocycles. The Morgan fingerprint density at radius 1 is 1.08 bits per heavy atom. The quantitative estimate of drug-likeness (QED) is 0.866. The van der Waals surface area contributed by atoms with Crippen molar-refractivity contribution in [2.24, 2.45) is 0 Å². The third-order valence-corrected chi connectivity index (χ3v) is 4.91. The molecule has 2 aromatic carbocycles. The summed E-state index contributed by atoms with van der Waals surface area (Å²) in [7, 11) is -1.23. The van der Waals surface area contributed by atoms with Crippen LogP contribution in [0.25, 0.3) is 0 Å². The van der Waals surface area contributed by atoms with Gasteiger partial charge in [0.2, 0.25) is 0 Å². The molecule has 0 fully saturated rings. The summed E-state index contributed by atoms with van der Waals surface area (Å²) in [6.45, 7) is 0. The molecule has 0 aromatic heterocycles. The number of nitrogens with one attached hydrogen (secondary N) is 1. The van der Waals surface area contributed by atoms with Crippen LogP contribution in [-0.2, 0) is 10.0 Å². The van der Waals surface area contributed by atoms with Crippen molar-refractivity contribution in [3.63, 3.8) is 0 Å². The van der Waals surface area contributed by atoms with E-state index in [0.29, 0.717) is 0 Å². The molecule has 5 nitrogen and oxygen atoms in total. The van der Waals surface area contributed by atoms with E-state index in [9.17, 15) is 17.6 Å². The summed E-state index contributed by atoms with van der Waals surface area (Å²) in [5.41, 5.74) is 0.0397. The number of carbonyl (C=O) groups excluding carboxylic acids is 1. The fourth-order valence-corrected chi connectivity index (χ4v) is 3.38. The van der Waals surface area contributed by atoms with E-state index in [2.05, 4.69) is 4.72 Å². The number of nitrogens with zero attached hydrogens (tertiary/aromatic N) is 1. The number of anilines is 1. The maximum atomic E-state index is 13.9. The monoisotopic (exact) mass is 390 g/mol. The van der Waals surface area contributed by atoms with Gasteiger partial charge in [-0.1, -0.05) is 23.2 Å². The first-order valence-electron chi connectivity index (χ1n) is 6.61. The van der Waals surface area contributed by atoms with E-state index in [4.69, 9.17) is 23.2 Å². The molecule has 24 heavy (non-hydrogen) atoms. The maximum Gasteiger partial charge on any atom is 0.264 e. The second kappa shape index (κ2) is 6.96. The molecule has 0 bridgehead atoms. The summed E-state index contributed by atoms with van der Waals surface area (Å²) in [6.07, 6.45) is 0. The van der Waals surface area contributed by atoms with Crippen LogP contribution in [0.3, 0.4) is 0 Å². The molecule has 0 spiro atoms. The minimum absolute atomic E-state index is 0.0458. The number of amides is 1. The van der Waals surface area contributed by atoms with Gasteiger partial charge in [-0.25, -0.2) is 12.8 Å². The molecule has 0 saturated heterocycles. The first-order chi connectivity index (χ1) is 11.1. The number of rotatable bonds is 4. The Labute approximate surface area is 149 Å². The second-order valence-corrected chi connectivity index (χ2v) is 7.59. The van der Waals surface area contributed by atoms with Crippen LogP contribution in [0.5, 0.6) is 0 Å². The highest BCUT2D eigenvalue weighted by Crippen LogP contribution is 2.26. The van der Waals surface area contributed by atoms with E-state index in [0.717, 1.165) is 12.1 Å². The van der Waals surface area contributed by atoms with Crippen LogP contribution >= 0.6 is 23.2 Å². The van der Waals surface area contributed by atoms with Gasteiger partial charge in [0.15, 0.2) is 0 Å². The van der Waals surface area contributed by atoms with Crippen LogP contribution in [-0.4, -0.2) is 33.3 Å². The van der Waals surface area contributed by atoms with E-state index < -0.39 is 26.6 Å². The number of halogens is 3. The molecule has 1 amide bonds.